The van der Waals surface area contributed by atoms with Crippen LogP contribution in [0.15, 0.2) is 42.6 Å². The predicted molar refractivity (Wildman–Crippen MR) is 128 cm³/mol. The van der Waals surface area contributed by atoms with Crippen LogP contribution in [0.2, 0.25) is 5.02 Å². The van der Waals surface area contributed by atoms with Crippen molar-refractivity contribution in [1.82, 2.24) is 25.3 Å². The first kappa shape index (κ1) is 25.2. The second-order valence-corrected chi connectivity index (χ2v) is 8.43. The number of aromatic nitrogens is 4. The lowest BCUT2D eigenvalue weighted by Gasteiger charge is -2.15. The maximum absolute atomic E-state index is 13.5. The van der Waals surface area contributed by atoms with E-state index in [-0.39, 0.29) is 46.6 Å². The van der Waals surface area contributed by atoms with Crippen LogP contribution in [0.1, 0.15) is 19.5 Å². The van der Waals surface area contributed by atoms with E-state index in [0.717, 1.165) is 10.7 Å². The highest BCUT2D eigenvalue weighted by molar-refractivity contribution is 6.38. The molecule has 2 aromatic heterocycles. The number of hydrogen-bond donors (Lipinski definition) is 3. The van der Waals surface area contributed by atoms with Crippen molar-refractivity contribution in [3.63, 3.8) is 0 Å². The van der Waals surface area contributed by atoms with Gasteiger partial charge in [0.2, 0.25) is 0 Å². The highest BCUT2D eigenvalue weighted by Crippen LogP contribution is 2.37. The van der Waals surface area contributed by atoms with Crippen molar-refractivity contribution < 1.29 is 27.4 Å². The topological polar surface area (TPSA) is 106 Å². The second kappa shape index (κ2) is 9.97. The van der Waals surface area contributed by atoms with E-state index in [1.165, 1.54) is 31.5 Å². The summed E-state index contributed by atoms with van der Waals surface area (Å²) in [5.41, 5.74) is 0.195. The molecule has 2 heterocycles. The fourth-order valence-corrected chi connectivity index (χ4v) is 3.70. The fourth-order valence-electron chi connectivity index (χ4n) is 3.44. The van der Waals surface area contributed by atoms with Gasteiger partial charge in [-0.2, -0.15) is 23.4 Å². The summed E-state index contributed by atoms with van der Waals surface area (Å²) in [4.78, 5) is 11.9. The Morgan fingerprint density at radius 3 is 2.67 bits per heavy atom. The predicted octanol–water partition coefficient (Wildman–Crippen LogP) is 5.08. The molecule has 1 amide bonds. The normalized spacial score (nSPS) is 11.7. The van der Waals surface area contributed by atoms with Gasteiger partial charge in [-0.05, 0) is 38.1 Å². The standard InChI is InChI=1S/C23H22ClF3N6O3/c1-12(2)29-21(34)11-36-17-7-4-13(8-18(17)35-3)33-20(9-19(32-33)23(25,26)27)30-16-6-5-15-14(22(16)24)10-28-31-15/h4-10,12,30H,11H2,1-3H3,(H,28,31)(H,29,34). The number of benzene rings is 2. The molecule has 36 heavy (non-hydrogen) atoms. The Balaban J connectivity index is 1.68. The van der Waals surface area contributed by atoms with E-state index < -0.39 is 11.9 Å². The molecule has 4 aromatic rings. The molecule has 9 nitrogen and oxygen atoms in total. The molecular weight excluding hydrogens is 501 g/mol. The van der Waals surface area contributed by atoms with Gasteiger partial charge in [-0.25, -0.2) is 4.68 Å². The van der Waals surface area contributed by atoms with Crippen molar-refractivity contribution in [2.75, 3.05) is 19.0 Å². The molecule has 0 bridgehead atoms. The van der Waals surface area contributed by atoms with Gasteiger partial charge in [0.1, 0.15) is 5.82 Å². The molecule has 0 atom stereocenters. The number of fused-ring (bicyclic) bond motifs is 1. The van der Waals surface area contributed by atoms with Crippen LogP contribution in [-0.2, 0) is 11.0 Å². The van der Waals surface area contributed by atoms with Crippen LogP contribution in [0.4, 0.5) is 24.7 Å². The Morgan fingerprint density at radius 2 is 1.97 bits per heavy atom. The van der Waals surface area contributed by atoms with Gasteiger partial charge in [0.25, 0.3) is 5.91 Å². The van der Waals surface area contributed by atoms with Crippen LogP contribution in [0, 0.1) is 0 Å². The molecule has 0 aliphatic heterocycles. The van der Waals surface area contributed by atoms with Gasteiger partial charge in [-0.15, -0.1) is 0 Å². The number of hydrogen-bond acceptors (Lipinski definition) is 6. The zero-order valence-electron chi connectivity index (χ0n) is 19.4. The third-order valence-electron chi connectivity index (χ3n) is 5.02. The van der Waals surface area contributed by atoms with Gasteiger partial charge in [-0.1, -0.05) is 11.6 Å². The van der Waals surface area contributed by atoms with E-state index in [9.17, 15) is 18.0 Å². The van der Waals surface area contributed by atoms with Gasteiger partial charge in [-0.3, -0.25) is 9.89 Å². The number of nitrogens with one attached hydrogen (secondary N) is 3. The summed E-state index contributed by atoms with van der Waals surface area (Å²) in [7, 11) is 1.38. The molecule has 0 saturated carbocycles. The fraction of sp³-hybridized carbons (Fsp3) is 0.261. The Morgan fingerprint density at radius 1 is 1.19 bits per heavy atom. The van der Waals surface area contributed by atoms with Gasteiger partial charge in [0, 0.05) is 23.6 Å². The van der Waals surface area contributed by atoms with E-state index in [4.69, 9.17) is 21.1 Å². The van der Waals surface area contributed by atoms with E-state index in [1.807, 2.05) is 13.8 Å². The quantitative estimate of drug-likeness (QED) is 0.298. The van der Waals surface area contributed by atoms with Crippen molar-refractivity contribution in [3.05, 3.63) is 53.3 Å². The van der Waals surface area contributed by atoms with E-state index in [2.05, 4.69) is 25.9 Å². The summed E-state index contributed by atoms with van der Waals surface area (Å²) in [6.45, 7) is 3.38. The van der Waals surface area contributed by atoms with Crippen LogP contribution >= 0.6 is 11.6 Å². The van der Waals surface area contributed by atoms with Gasteiger partial charge in [0.05, 0.1) is 35.2 Å². The van der Waals surface area contributed by atoms with E-state index in [1.54, 1.807) is 12.1 Å². The largest absolute Gasteiger partial charge is 0.493 e. The summed E-state index contributed by atoms with van der Waals surface area (Å²) < 4.78 is 52.5. The first-order valence-corrected chi connectivity index (χ1v) is 11.1. The van der Waals surface area contributed by atoms with Crippen molar-refractivity contribution >= 4 is 39.9 Å². The number of amides is 1. The van der Waals surface area contributed by atoms with E-state index >= 15 is 0 Å². The van der Waals surface area contributed by atoms with Crippen molar-refractivity contribution in [2.45, 2.75) is 26.1 Å². The number of H-pyrrole nitrogens is 1. The number of anilines is 2. The lowest BCUT2D eigenvalue weighted by molar-refractivity contribution is -0.141. The third-order valence-corrected chi connectivity index (χ3v) is 5.43. The number of methoxy groups -OCH3 is 1. The number of alkyl halides is 3. The van der Waals surface area contributed by atoms with Crippen molar-refractivity contribution in [2.24, 2.45) is 0 Å². The minimum absolute atomic E-state index is 0.0131. The highest BCUT2D eigenvalue weighted by atomic mass is 35.5. The van der Waals surface area contributed by atoms with Gasteiger partial charge >= 0.3 is 6.18 Å². The zero-order chi connectivity index (χ0) is 26.0. The number of halogens is 4. The molecule has 190 valence electrons. The lowest BCUT2D eigenvalue weighted by Crippen LogP contribution is -2.34. The zero-order valence-corrected chi connectivity index (χ0v) is 20.2. The average Bonchev–Trinajstić information content (AvgIpc) is 3.46. The maximum atomic E-state index is 13.5. The number of nitrogens with zero attached hydrogens (tertiary/aromatic N) is 3. The lowest BCUT2D eigenvalue weighted by atomic mass is 10.2. The molecule has 0 fully saturated rings. The number of aromatic amines is 1. The molecule has 0 aliphatic carbocycles. The first-order chi connectivity index (χ1) is 17.1. The molecule has 13 heteroatoms. The van der Waals surface area contributed by atoms with Gasteiger partial charge < -0.3 is 20.1 Å². The van der Waals surface area contributed by atoms with Crippen LogP contribution < -0.4 is 20.1 Å². The van der Waals surface area contributed by atoms with E-state index in [0.29, 0.717) is 16.6 Å². The molecule has 0 unspecified atom stereocenters. The number of carbonyl (C=O) groups is 1. The average molecular weight is 523 g/mol. The Hall–Kier alpha value is -3.93. The molecular formula is C23H22ClF3N6O3. The van der Waals surface area contributed by atoms with Crippen LogP contribution in [0.3, 0.4) is 0 Å². The van der Waals surface area contributed by atoms with Crippen LogP contribution in [0.25, 0.3) is 16.6 Å². The molecule has 0 saturated heterocycles. The minimum Gasteiger partial charge on any atom is -0.493 e. The smallest absolute Gasteiger partial charge is 0.435 e. The first-order valence-electron chi connectivity index (χ1n) is 10.7. The summed E-state index contributed by atoms with van der Waals surface area (Å²) in [6, 6.07) is 8.58. The number of ether oxygens (including phenoxy) is 2. The number of rotatable bonds is 8. The summed E-state index contributed by atoms with van der Waals surface area (Å²) in [5, 5.41) is 17.0. The van der Waals surface area contributed by atoms with Crippen LogP contribution in [-0.4, -0.2) is 45.6 Å². The summed E-state index contributed by atoms with van der Waals surface area (Å²) in [6.07, 6.45) is -3.16. The molecule has 4 rings (SSSR count). The monoisotopic (exact) mass is 522 g/mol. The highest BCUT2D eigenvalue weighted by Gasteiger charge is 2.35. The Bertz CT molecular complexity index is 1400. The SMILES string of the molecule is COc1cc(-n2nc(C(F)(F)F)cc2Nc2ccc3[nH]ncc3c2Cl)ccc1OCC(=O)NC(C)C. The molecule has 0 spiro atoms. The number of carbonyl (C=O) groups excluding carboxylic acids is 1. The molecule has 0 aliphatic rings. The molecule has 2 aromatic carbocycles. The maximum Gasteiger partial charge on any atom is 0.435 e. The van der Waals surface area contributed by atoms with Crippen LogP contribution in [0.5, 0.6) is 11.5 Å². The third kappa shape index (κ3) is 5.33. The Labute approximate surface area is 208 Å². The molecule has 0 radical (unpaired) electrons. The van der Waals surface area contributed by atoms with Gasteiger partial charge in [0.15, 0.2) is 23.8 Å². The summed E-state index contributed by atoms with van der Waals surface area (Å²) >= 11 is 6.44. The second-order valence-electron chi connectivity index (χ2n) is 8.05. The minimum atomic E-state index is -4.68. The van der Waals surface area contributed by atoms with Crippen molar-refractivity contribution in [3.8, 4) is 17.2 Å². The summed E-state index contributed by atoms with van der Waals surface area (Å²) in [5.74, 6) is 0.138. The van der Waals surface area contributed by atoms with Crippen molar-refractivity contribution in [1.29, 1.82) is 0 Å². The molecule has 3 N–H and O–H groups in total. The Kier molecular flexibility index (Phi) is 6.97.